The summed E-state index contributed by atoms with van der Waals surface area (Å²) in [6.07, 6.45) is 0. The lowest BCUT2D eigenvalue weighted by molar-refractivity contribution is 0.488. The lowest BCUT2D eigenvalue weighted by Crippen LogP contribution is -2.63. The summed E-state index contributed by atoms with van der Waals surface area (Å²) >= 11 is 3.77. The van der Waals surface area contributed by atoms with E-state index >= 15 is 0 Å². The van der Waals surface area contributed by atoms with E-state index in [-0.39, 0.29) is 13.4 Å². The van der Waals surface area contributed by atoms with Gasteiger partial charge in [0.25, 0.3) is 6.71 Å². The summed E-state index contributed by atoms with van der Waals surface area (Å²) in [6, 6.07) is 111. The zero-order valence-corrected chi connectivity index (χ0v) is 48.7. The van der Waals surface area contributed by atoms with Gasteiger partial charge in [-0.15, -0.1) is 11.3 Å². The zero-order chi connectivity index (χ0) is 57.1. The molecule has 1 aromatic heterocycles. The first-order valence-electron chi connectivity index (χ1n) is 29.7. The topological polar surface area (TPSA) is 22.2 Å². The Kier molecular flexibility index (Phi) is 11.5. The zero-order valence-electron chi connectivity index (χ0n) is 47.0. The van der Waals surface area contributed by atoms with Gasteiger partial charge in [0.2, 0.25) is 6.71 Å². The molecule has 0 amide bonds. The number of hydrogen-bond acceptors (Lipinski definition) is 7. The third-order valence-electron chi connectivity index (χ3n) is 17.9. The molecule has 406 valence electrons. The molecule has 5 nitrogen and oxygen atoms in total. The summed E-state index contributed by atoms with van der Waals surface area (Å²) < 4.78 is 10.6. The average Bonchev–Trinajstić information content (AvgIpc) is 0.831. The molecule has 18 rings (SSSR count). The van der Waals surface area contributed by atoms with Gasteiger partial charge in [0.15, 0.2) is 0 Å². The maximum Gasteiger partial charge on any atom is 0.256 e. The lowest BCUT2D eigenvalue weighted by atomic mass is 9.31. The molecule has 0 radical (unpaired) electrons. The summed E-state index contributed by atoms with van der Waals surface area (Å²) in [5.41, 5.74) is 22.8. The summed E-state index contributed by atoms with van der Waals surface area (Å²) in [6.45, 7) is -0.347. The number of para-hydroxylation sites is 8. The summed E-state index contributed by atoms with van der Waals surface area (Å²) in [5.74, 6) is 1.73. The average molecular weight is 1150 g/mol. The van der Waals surface area contributed by atoms with E-state index in [2.05, 4.69) is 323 Å². The van der Waals surface area contributed by atoms with Crippen LogP contribution in [0.5, 0.6) is 11.5 Å². The van der Waals surface area contributed by atoms with Crippen LogP contribution >= 0.6 is 23.1 Å². The molecule has 9 heteroatoms. The van der Waals surface area contributed by atoms with Crippen molar-refractivity contribution >= 4 is 158 Å². The first-order valence-corrected chi connectivity index (χ1v) is 31.3. The maximum absolute atomic E-state index is 8.11. The molecule has 4 aliphatic rings. The minimum atomic E-state index is -0.202. The predicted molar refractivity (Wildman–Crippen MR) is 370 cm³/mol. The van der Waals surface area contributed by atoms with Crippen LogP contribution < -0.4 is 57.1 Å². The standard InChI is InChI=1S/C78H50B2N4OS2/c1-7-26-51(27-8-1)81(52-28-9-2-10-29-52)57-46-67-75-69(48-57)85-77-63(79(75)61-40-20-22-42-65(61)83(67)55-34-15-5-16-35-55)50-64-78(74(77)60-39-25-45-71-73(60)59-38-19-24-44-70(59)86-71)87-72-49-58(82(53-30-11-3-12-31-53)54-32-13-4-14-33-54)47-68-76(72)80(64)62-41-21-23-43-66(62)84(68)56-36-17-6-18-37-56/h1-50H. The molecule has 14 aromatic rings. The molecule has 0 saturated carbocycles. The van der Waals surface area contributed by atoms with E-state index in [4.69, 9.17) is 4.74 Å². The molecule has 0 atom stereocenters. The van der Waals surface area contributed by atoms with Gasteiger partial charge < -0.3 is 24.3 Å². The fourth-order valence-corrected chi connectivity index (χ4v) is 16.8. The van der Waals surface area contributed by atoms with Gasteiger partial charge in [0.05, 0.1) is 5.69 Å². The molecular weight excluding hydrogens is 1090 g/mol. The summed E-state index contributed by atoms with van der Waals surface area (Å²) in [5, 5.41) is 2.49. The van der Waals surface area contributed by atoms with E-state index < -0.39 is 0 Å². The molecule has 5 heterocycles. The Bertz CT molecular complexity index is 4700. The first kappa shape index (κ1) is 49.9. The number of nitrogens with zero attached hydrogens (tertiary/aromatic N) is 4. The highest BCUT2D eigenvalue weighted by Gasteiger charge is 2.48. The number of thiophene rings is 1. The van der Waals surface area contributed by atoms with Crippen molar-refractivity contribution in [1.82, 2.24) is 0 Å². The third-order valence-corrected chi connectivity index (χ3v) is 20.2. The number of rotatable bonds is 9. The number of anilines is 12. The molecule has 0 saturated heterocycles. The largest absolute Gasteiger partial charge is 0.458 e. The second kappa shape index (κ2) is 20.1. The van der Waals surface area contributed by atoms with Crippen molar-refractivity contribution in [2.24, 2.45) is 0 Å². The van der Waals surface area contributed by atoms with Crippen molar-refractivity contribution in [2.75, 3.05) is 19.6 Å². The molecule has 0 fully saturated rings. The predicted octanol–water partition coefficient (Wildman–Crippen LogP) is 17.8. The van der Waals surface area contributed by atoms with E-state index in [1.807, 2.05) is 23.1 Å². The van der Waals surface area contributed by atoms with Crippen molar-refractivity contribution in [3.05, 3.63) is 303 Å². The van der Waals surface area contributed by atoms with Gasteiger partial charge in [0, 0.05) is 104 Å². The molecule has 0 aliphatic carbocycles. The van der Waals surface area contributed by atoms with Crippen molar-refractivity contribution in [1.29, 1.82) is 0 Å². The highest BCUT2D eigenvalue weighted by molar-refractivity contribution is 8.00. The molecule has 0 spiro atoms. The Balaban J connectivity index is 0.964. The van der Waals surface area contributed by atoms with Crippen molar-refractivity contribution in [3.63, 3.8) is 0 Å². The van der Waals surface area contributed by atoms with Gasteiger partial charge in [-0.2, -0.15) is 0 Å². The molecule has 4 aliphatic heterocycles. The Hall–Kier alpha value is -10.4. The Morgan fingerprint density at radius 3 is 1.37 bits per heavy atom. The lowest BCUT2D eigenvalue weighted by Gasteiger charge is -2.44. The molecule has 87 heavy (non-hydrogen) atoms. The number of hydrogen-bond donors (Lipinski definition) is 0. The van der Waals surface area contributed by atoms with Gasteiger partial charge in [0.1, 0.15) is 11.5 Å². The Morgan fingerprint density at radius 1 is 0.345 bits per heavy atom. The van der Waals surface area contributed by atoms with Crippen molar-refractivity contribution in [2.45, 2.75) is 9.79 Å². The van der Waals surface area contributed by atoms with E-state index in [0.29, 0.717) is 0 Å². The maximum atomic E-state index is 8.11. The van der Waals surface area contributed by atoms with E-state index in [0.717, 1.165) is 96.2 Å². The number of ether oxygens (including phenoxy) is 1. The van der Waals surface area contributed by atoms with Crippen molar-refractivity contribution < 1.29 is 4.74 Å². The second-order valence-corrected chi connectivity index (χ2v) is 24.8. The highest BCUT2D eigenvalue weighted by atomic mass is 32.2. The quantitative estimate of drug-likeness (QED) is 0.133. The van der Waals surface area contributed by atoms with Crippen LogP contribution in [0, 0.1) is 0 Å². The van der Waals surface area contributed by atoms with E-state index in [1.54, 1.807) is 0 Å². The van der Waals surface area contributed by atoms with Crippen LogP contribution in [0.1, 0.15) is 0 Å². The first-order chi connectivity index (χ1) is 43.2. The molecule has 0 N–H and O–H groups in total. The fraction of sp³-hybridized carbons (Fsp3) is 0. The summed E-state index contributed by atoms with van der Waals surface area (Å²) in [4.78, 5) is 12.2. The van der Waals surface area contributed by atoms with Crippen LogP contribution in [-0.2, 0) is 0 Å². The van der Waals surface area contributed by atoms with Gasteiger partial charge >= 0.3 is 0 Å². The van der Waals surface area contributed by atoms with Crippen LogP contribution in [0.4, 0.5) is 68.2 Å². The van der Waals surface area contributed by atoms with Gasteiger partial charge in [-0.1, -0.05) is 199 Å². The SMILES string of the molecule is c1ccc(N(c2ccccc2)c2cc3c4c(c2)N(c2ccccc2)c2ccccc2B4c2cc4c(c(-c5cccc6sc7ccccc7c56)c2O3)Sc2cc(N(c3ccccc3)c3ccccc3)cc3c2B4c2ccccc2N3c2ccccc2)cc1. The van der Waals surface area contributed by atoms with Crippen LogP contribution in [0.25, 0.3) is 31.3 Å². The van der Waals surface area contributed by atoms with E-state index in [9.17, 15) is 0 Å². The molecule has 0 unspecified atom stereocenters. The van der Waals surface area contributed by atoms with Crippen LogP contribution in [0.3, 0.4) is 0 Å². The monoisotopic (exact) mass is 1140 g/mol. The van der Waals surface area contributed by atoms with Gasteiger partial charge in [-0.3, -0.25) is 0 Å². The minimum Gasteiger partial charge on any atom is -0.458 e. The molecule has 13 aromatic carbocycles. The number of fused-ring (bicyclic) bond motifs is 11. The van der Waals surface area contributed by atoms with Crippen LogP contribution in [0.15, 0.2) is 313 Å². The molecule has 0 bridgehead atoms. The normalized spacial score (nSPS) is 13.0. The highest BCUT2D eigenvalue weighted by Crippen LogP contribution is 2.54. The Morgan fingerprint density at radius 2 is 0.805 bits per heavy atom. The summed E-state index contributed by atoms with van der Waals surface area (Å²) in [7, 11) is 0. The van der Waals surface area contributed by atoms with Gasteiger partial charge in [-0.25, -0.2) is 0 Å². The minimum absolute atomic E-state index is 0.144. The second-order valence-electron chi connectivity index (χ2n) is 22.7. The fourth-order valence-electron chi connectivity index (χ4n) is 14.4. The number of benzene rings is 13. The van der Waals surface area contributed by atoms with Crippen molar-refractivity contribution in [3.8, 4) is 22.6 Å². The van der Waals surface area contributed by atoms with Crippen LogP contribution in [-0.4, -0.2) is 13.4 Å². The van der Waals surface area contributed by atoms with E-state index in [1.165, 1.54) is 57.4 Å². The smallest absolute Gasteiger partial charge is 0.256 e. The third kappa shape index (κ3) is 7.83. The van der Waals surface area contributed by atoms with Crippen LogP contribution in [0.2, 0.25) is 0 Å². The molecular formula is C78H50B2N4OS2. The Labute approximate surface area is 514 Å². The van der Waals surface area contributed by atoms with Gasteiger partial charge in [-0.05, 0) is 148 Å².